The molecule has 1 aromatic heterocycles. The van der Waals surface area contributed by atoms with Gasteiger partial charge in [0.2, 0.25) is 0 Å². The van der Waals surface area contributed by atoms with Crippen LogP contribution in [0.1, 0.15) is 35.3 Å². The molecule has 1 saturated heterocycles. The molecule has 2 heterocycles. The molecule has 0 aliphatic carbocycles. The van der Waals surface area contributed by atoms with Crippen molar-refractivity contribution in [3.8, 4) is 0 Å². The highest BCUT2D eigenvalue weighted by molar-refractivity contribution is 5.92. The maximum Gasteiger partial charge on any atom is 0.272 e. The number of rotatable bonds is 4. The molecule has 0 radical (unpaired) electrons. The van der Waals surface area contributed by atoms with E-state index in [1.54, 1.807) is 24.4 Å². The molecular weight excluding hydrogens is 310 g/mol. The maximum atomic E-state index is 13.3. The lowest BCUT2D eigenvalue weighted by atomic mass is 9.91. The van der Waals surface area contributed by atoms with Gasteiger partial charge in [0.1, 0.15) is 5.69 Å². The lowest BCUT2D eigenvalue weighted by molar-refractivity contribution is 0.0662. The van der Waals surface area contributed by atoms with E-state index < -0.39 is 11.6 Å². The van der Waals surface area contributed by atoms with Crippen LogP contribution in [-0.2, 0) is 6.42 Å². The van der Waals surface area contributed by atoms with Crippen molar-refractivity contribution in [2.45, 2.75) is 25.7 Å². The molecule has 5 heteroatoms. The zero-order chi connectivity index (χ0) is 16.9. The molecule has 1 aliphatic heterocycles. The van der Waals surface area contributed by atoms with Crippen LogP contribution in [0.2, 0.25) is 0 Å². The Morgan fingerprint density at radius 3 is 2.83 bits per heavy atom. The van der Waals surface area contributed by atoms with Crippen LogP contribution in [0.15, 0.2) is 42.6 Å². The van der Waals surface area contributed by atoms with Gasteiger partial charge in [0, 0.05) is 19.3 Å². The van der Waals surface area contributed by atoms with Gasteiger partial charge < -0.3 is 4.90 Å². The van der Waals surface area contributed by atoms with Gasteiger partial charge in [0.15, 0.2) is 11.6 Å². The first-order chi connectivity index (χ1) is 11.6. The predicted octanol–water partition coefficient (Wildman–Crippen LogP) is 3.84. The fourth-order valence-corrected chi connectivity index (χ4v) is 3.20. The zero-order valence-corrected chi connectivity index (χ0v) is 13.4. The molecule has 1 aliphatic rings. The average molecular weight is 330 g/mol. The fourth-order valence-electron chi connectivity index (χ4n) is 3.20. The lowest BCUT2D eigenvalue weighted by Gasteiger charge is -2.32. The minimum Gasteiger partial charge on any atom is -0.337 e. The van der Waals surface area contributed by atoms with E-state index in [9.17, 15) is 13.6 Å². The number of amides is 1. The minimum absolute atomic E-state index is 0.0341. The number of hydrogen-bond acceptors (Lipinski definition) is 2. The van der Waals surface area contributed by atoms with Crippen LogP contribution in [0, 0.1) is 17.6 Å². The minimum atomic E-state index is -0.816. The van der Waals surface area contributed by atoms with Crippen LogP contribution in [0.3, 0.4) is 0 Å². The lowest BCUT2D eigenvalue weighted by Crippen LogP contribution is -2.40. The van der Waals surface area contributed by atoms with Gasteiger partial charge in [-0.1, -0.05) is 12.1 Å². The summed E-state index contributed by atoms with van der Waals surface area (Å²) in [6.07, 6.45) is 5.18. The van der Waals surface area contributed by atoms with Gasteiger partial charge in [0.05, 0.1) is 0 Å². The summed E-state index contributed by atoms with van der Waals surface area (Å²) < 4.78 is 26.2. The molecule has 1 fully saturated rings. The molecule has 0 bridgehead atoms. The quantitative estimate of drug-likeness (QED) is 0.853. The van der Waals surface area contributed by atoms with Crippen molar-refractivity contribution in [3.05, 3.63) is 65.5 Å². The van der Waals surface area contributed by atoms with E-state index >= 15 is 0 Å². The number of piperidine rings is 1. The second-order valence-electron chi connectivity index (χ2n) is 6.26. The van der Waals surface area contributed by atoms with Gasteiger partial charge in [0.25, 0.3) is 5.91 Å². The molecule has 24 heavy (non-hydrogen) atoms. The van der Waals surface area contributed by atoms with Crippen LogP contribution in [0.5, 0.6) is 0 Å². The van der Waals surface area contributed by atoms with Crippen molar-refractivity contribution in [2.24, 2.45) is 5.92 Å². The summed E-state index contributed by atoms with van der Waals surface area (Å²) in [6.45, 7) is 1.44. The highest BCUT2D eigenvalue weighted by Gasteiger charge is 2.24. The van der Waals surface area contributed by atoms with E-state index in [-0.39, 0.29) is 5.91 Å². The van der Waals surface area contributed by atoms with Gasteiger partial charge in [-0.25, -0.2) is 8.78 Å². The van der Waals surface area contributed by atoms with Crippen LogP contribution < -0.4 is 0 Å². The van der Waals surface area contributed by atoms with Crippen molar-refractivity contribution >= 4 is 5.91 Å². The monoisotopic (exact) mass is 330 g/mol. The molecule has 0 spiro atoms. The summed E-state index contributed by atoms with van der Waals surface area (Å²) >= 11 is 0. The Balaban J connectivity index is 1.57. The van der Waals surface area contributed by atoms with Gasteiger partial charge in [-0.05, 0) is 61.4 Å². The number of benzene rings is 1. The topological polar surface area (TPSA) is 33.2 Å². The predicted molar refractivity (Wildman–Crippen MR) is 87.5 cm³/mol. The van der Waals surface area contributed by atoms with Crippen molar-refractivity contribution in [3.63, 3.8) is 0 Å². The number of hydrogen-bond donors (Lipinski definition) is 0. The number of aryl methyl sites for hydroxylation is 1. The first-order valence-electron chi connectivity index (χ1n) is 8.27. The number of nitrogens with zero attached hydrogens (tertiary/aromatic N) is 2. The fraction of sp³-hybridized carbons (Fsp3) is 0.368. The molecule has 1 atom stereocenters. The summed E-state index contributed by atoms with van der Waals surface area (Å²) in [5.41, 5.74) is 1.26. The summed E-state index contributed by atoms with van der Waals surface area (Å²) in [5.74, 6) is -1.28. The molecule has 126 valence electrons. The second-order valence-corrected chi connectivity index (χ2v) is 6.26. The van der Waals surface area contributed by atoms with Crippen molar-refractivity contribution in [1.29, 1.82) is 0 Å². The normalized spacial score (nSPS) is 17.8. The van der Waals surface area contributed by atoms with Crippen molar-refractivity contribution in [1.82, 2.24) is 9.88 Å². The number of carbonyl (C=O) groups excluding carboxylic acids is 1. The second kappa shape index (κ2) is 7.51. The Morgan fingerprint density at radius 1 is 1.21 bits per heavy atom. The van der Waals surface area contributed by atoms with E-state index in [4.69, 9.17) is 0 Å². The molecular formula is C19H20F2N2O. The molecule has 3 nitrogen and oxygen atoms in total. The standard InChI is InChI=1S/C19H20F2N2O/c20-16-9-8-14(12-17(16)21)6-7-15-4-3-11-23(13-15)19(24)18-5-1-2-10-22-18/h1-2,5,8-10,12,15H,3-4,6-7,11,13H2. The molecule has 2 aromatic rings. The number of aromatic nitrogens is 1. The van der Waals surface area contributed by atoms with E-state index in [2.05, 4.69) is 4.98 Å². The largest absolute Gasteiger partial charge is 0.337 e. The Labute approximate surface area is 140 Å². The van der Waals surface area contributed by atoms with Gasteiger partial charge in [-0.2, -0.15) is 0 Å². The number of carbonyl (C=O) groups is 1. The van der Waals surface area contributed by atoms with E-state index in [1.165, 1.54) is 12.1 Å². The van der Waals surface area contributed by atoms with Crippen LogP contribution in [0.4, 0.5) is 8.78 Å². The first kappa shape index (κ1) is 16.6. The summed E-state index contributed by atoms with van der Waals surface area (Å²) in [4.78, 5) is 18.4. The third-order valence-electron chi connectivity index (χ3n) is 4.52. The van der Waals surface area contributed by atoms with Crippen molar-refractivity contribution < 1.29 is 13.6 Å². The van der Waals surface area contributed by atoms with E-state index in [0.717, 1.165) is 31.4 Å². The summed E-state index contributed by atoms with van der Waals surface area (Å²) in [7, 11) is 0. The third-order valence-corrected chi connectivity index (χ3v) is 4.52. The number of halogens is 2. The van der Waals surface area contributed by atoms with Gasteiger partial charge >= 0.3 is 0 Å². The molecule has 1 aromatic carbocycles. The zero-order valence-electron chi connectivity index (χ0n) is 13.4. The molecule has 0 saturated carbocycles. The summed E-state index contributed by atoms with van der Waals surface area (Å²) in [5, 5.41) is 0. The Bertz CT molecular complexity index is 706. The van der Waals surface area contributed by atoms with E-state index in [1.807, 2.05) is 11.0 Å². The summed E-state index contributed by atoms with van der Waals surface area (Å²) in [6, 6.07) is 9.38. The molecule has 1 unspecified atom stereocenters. The molecule has 3 rings (SSSR count). The Hall–Kier alpha value is -2.30. The highest BCUT2D eigenvalue weighted by atomic mass is 19.2. The molecule has 0 N–H and O–H groups in total. The maximum absolute atomic E-state index is 13.3. The van der Waals surface area contributed by atoms with Crippen LogP contribution >= 0.6 is 0 Å². The average Bonchev–Trinajstić information content (AvgIpc) is 2.63. The third kappa shape index (κ3) is 3.96. The Kier molecular flexibility index (Phi) is 5.18. The van der Waals surface area contributed by atoms with Crippen molar-refractivity contribution in [2.75, 3.05) is 13.1 Å². The van der Waals surface area contributed by atoms with Gasteiger partial charge in [-0.3, -0.25) is 9.78 Å². The Morgan fingerprint density at radius 2 is 2.08 bits per heavy atom. The smallest absolute Gasteiger partial charge is 0.272 e. The number of likely N-dealkylation sites (tertiary alicyclic amines) is 1. The van der Waals surface area contributed by atoms with Gasteiger partial charge in [-0.15, -0.1) is 0 Å². The molecule has 1 amide bonds. The SMILES string of the molecule is O=C(c1ccccn1)N1CCCC(CCc2ccc(F)c(F)c2)C1. The van der Waals surface area contributed by atoms with Crippen LogP contribution in [-0.4, -0.2) is 28.9 Å². The highest BCUT2D eigenvalue weighted by Crippen LogP contribution is 2.23. The van der Waals surface area contributed by atoms with Crippen LogP contribution in [0.25, 0.3) is 0 Å². The van der Waals surface area contributed by atoms with E-state index in [0.29, 0.717) is 24.6 Å². The number of pyridine rings is 1. The first-order valence-corrected chi connectivity index (χ1v) is 8.27.